The molecule has 0 N–H and O–H groups in total. The van der Waals surface area contributed by atoms with E-state index < -0.39 is 10.0 Å². The number of hydrogen-bond acceptors (Lipinski definition) is 5. The molecular weight excluding hydrogens is 364 g/mol. The number of rotatable bonds is 5. The van der Waals surface area contributed by atoms with Crippen molar-refractivity contribution < 1.29 is 17.9 Å². The maximum atomic E-state index is 12.9. The van der Waals surface area contributed by atoms with Crippen LogP contribution in [0.5, 0.6) is 11.6 Å². The summed E-state index contributed by atoms with van der Waals surface area (Å²) in [5.41, 5.74) is 1.04. The van der Waals surface area contributed by atoms with Gasteiger partial charge in [-0.3, -0.25) is 0 Å². The molecule has 25 heavy (non-hydrogen) atoms. The van der Waals surface area contributed by atoms with Gasteiger partial charge in [0.25, 0.3) is 0 Å². The molecule has 2 aromatic rings. The van der Waals surface area contributed by atoms with Gasteiger partial charge in [0.2, 0.25) is 15.9 Å². The van der Waals surface area contributed by atoms with Crippen molar-refractivity contribution in [2.75, 3.05) is 20.2 Å². The van der Waals surface area contributed by atoms with Crippen LogP contribution >= 0.6 is 11.6 Å². The summed E-state index contributed by atoms with van der Waals surface area (Å²) in [6.07, 6.45) is 2.07. The summed E-state index contributed by atoms with van der Waals surface area (Å²) in [6, 6.07) is 8.24. The number of ether oxygens (including phenoxy) is 2. The number of nitrogens with zero attached hydrogens (tertiary/aromatic N) is 2. The maximum absolute atomic E-state index is 12.9. The zero-order valence-electron chi connectivity index (χ0n) is 14.0. The van der Waals surface area contributed by atoms with Gasteiger partial charge in [-0.05, 0) is 37.1 Å². The molecule has 1 aliphatic heterocycles. The molecule has 0 amide bonds. The third-order valence-electron chi connectivity index (χ3n) is 4.02. The van der Waals surface area contributed by atoms with Crippen LogP contribution in [0, 0.1) is 6.92 Å². The van der Waals surface area contributed by atoms with E-state index in [1.807, 2.05) is 13.0 Å². The molecule has 1 saturated heterocycles. The zero-order chi connectivity index (χ0) is 18.0. The van der Waals surface area contributed by atoms with Crippen molar-refractivity contribution in [2.45, 2.75) is 24.3 Å². The van der Waals surface area contributed by atoms with Gasteiger partial charge in [0, 0.05) is 23.8 Å². The molecule has 1 aliphatic rings. The predicted molar refractivity (Wildman–Crippen MR) is 94.8 cm³/mol. The second-order valence-corrected chi connectivity index (χ2v) is 8.20. The molecule has 3 rings (SSSR count). The topological polar surface area (TPSA) is 68.7 Å². The van der Waals surface area contributed by atoms with E-state index in [0.29, 0.717) is 23.9 Å². The van der Waals surface area contributed by atoms with Crippen molar-refractivity contribution in [3.8, 4) is 11.6 Å². The van der Waals surface area contributed by atoms with Crippen LogP contribution in [0.1, 0.15) is 12.0 Å². The minimum Gasteiger partial charge on any atom is -0.495 e. The van der Waals surface area contributed by atoms with Crippen molar-refractivity contribution in [1.29, 1.82) is 0 Å². The van der Waals surface area contributed by atoms with Crippen LogP contribution in [0.3, 0.4) is 0 Å². The zero-order valence-corrected chi connectivity index (χ0v) is 15.5. The Morgan fingerprint density at radius 3 is 2.76 bits per heavy atom. The molecule has 134 valence electrons. The molecule has 1 fully saturated rings. The molecule has 2 heterocycles. The fourth-order valence-electron chi connectivity index (χ4n) is 2.70. The van der Waals surface area contributed by atoms with Crippen LogP contribution in [0.25, 0.3) is 0 Å². The molecule has 0 bridgehead atoms. The molecule has 0 spiro atoms. The van der Waals surface area contributed by atoms with Gasteiger partial charge >= 0.3 is 0 Å². The fraction of sp³-hybridized carbons (Fsp3) is 0.353. The highest BCUT2D eigenvalue weighted by Gasteiger charge is 2.35. The highest BCUT2D eigenvalue weighted by atomic mass is 35.5. The van der Waals surface area contributed by atoms with Crippen molar-refractivity contribution in [2.24, 2.45) is 0 Å². The van der Waals surface area contributed by atoms with E-state index in [9.17, 15) is 8.42 Å². The first-order chi connectivity index (χ1) is 11.9. The van der Waals surface area contributed by atoms with E-state index in [1.165, 1.54) is 17.5 Å². The standard InChI is InChI=1S/C17H19ClN2O4S/c1-12-3-6-17(19-10-12)24-14-7-8-20(11-14)25(21,22)16-9-13(18)4-5-15(16)23-2/h3-6,9-10,14H,7-8,11H2,1-2H3. The largest absolute Gasteiger partial charge is 0.495 e. The molecule has 1 aromatic heterocycles. The molecular formula is C17H19ClN2O4S. The average molecular weight is 383 g/mol. The smallest absolute Gasteiger partial charge is 0.246 e. The minimum absolute atomic E-state index is 0.0663. The maximum Gasteiger partial charge on any atom is 0.246 e. The number of halogens is 1. The van der Waals surface area contributed by atoms with Gasteiger partial charge in [-0.1, -0.05) is 17.7 Å². The normalized spacial score (nSPS) is 18.3. The van der Waals surface area contributed by atoms with Gasteiger partial charge in [0.1, 0.15) is 16.7 Å². The quantitative estimate of drug-likeness (QED) is 0.795. The Bertz CT molecular complexity index is 855. The average Bonchev–Trinajstić information content (AvgIpc) is 3.06. The Morgan fingerprint density at radius 2 is 2.08 bits per heavy atom. The number of aryl methyl sites for hydroxylation is 1. The number of benzene rings is 1. The molecule has 0 aliphatic carbocycles. The van der Waals surface area contributed by atoms with Crippen molar-refractivity contribution in [3.63, 3.8) is 0 Å². The number of aromatic nitrogens is 1. The van der Waals surface area contributed by atoms with E-state index in [-0.39, 0.29) is 23.3 Å². The van der Waals surface area contributed by atoms with Gasteiger partial charge in [-0.15, -0.1) is 0 Å². The van der Waals surface area contributed by atoms with Crippen molar-refractivity contribution in [3.05, 3.63) is 47.1 Å². The molecule has 0 radical (unpaired) electrons. The van der Waals surface area contributed by atoms with E-state index in [0.717, 1.165) is 5.56 Å². The lowest BCUT2D eigenvalue weighted by atomic mass is 10.3. The highest BCUT2D eigenvalue weighted by molar-refractivity contribution is 7.89. The fourth-order valence-corrected chi connectivity index (χ4v) is 4.60. The first-order valence-corrected chi connectivity index (χ1v) is 9.65. The number of methoxy groups -OCH3 is 1. The lowest BCUT2D eigenvalue weighted by Gasteiger charge is -2.18. The van der Waals surface area contributed by atoms with Gasteiger partial charge < -0.3 is 9.47 Å². The van der Waals surface area contributed by atoms with Crippen LogP contribution in [0.2, 0.25) is 5.02 Å². The molecule has 1 unspecified atom stereocenters. The van der Waals surface area contributed by atoms with E-state index >= 15 is 0 Å². The van der Waals surface area contributed by atoms with Crippen LogP contribution < -0.4 is 9.47 Å². The lowest BCUT2D eigenvalue weighted by molar-refractivity contribution is 0.207. The number of hydrogen-bond donors (Lipinski definition) is 0. The minimum atomic E-state index is -3.71. The lowest BCUT2D eigenvalue weighted by Crippen LogP contribution is -2.31. The van der Waals surface area contributed by atoms with Crippen LogP contribution in [-0.4, -0.2) is 44.0 Å². The van der Waals surface area contributed by atoms with Gasteiger partial charge in [0.15, 0.2) is 0 Å². The van der Waals surface area contributed by atoms with Crippen LogP contribution in [-0.2, 0) is 10.0 Å². The summed E-state index contributed by atoms with van der Waals surface area (Å²) >= 11 is 5.96. The second-order valence-electron chi connectivity index (χ2n) is 5.86. The Labute approximate surface area is 152 Å². The molecule has 1 atom stereocenters. The second kappa shape index (κ2) is 7.19. The first-order valence-electron chi connectivity index (χ1n) is 7.83. The van der Waals surface area contributed by atoms with Crippen molar-refractivity contribution in [1.82, 2.24) is 9.29 Å². The van der Waals surface area contributed by atoms with Gasteiger partial charge in [-0.2, -0.15) is 4.31 Å². The summed E-state index contributed by atoms with van der Waals surface area (Å²) in [5, 5.41) is 0.343. The summed E-state index contributed by atoms with van der Waals surface area (Å²) in [7, 11) is -2.28. The van der Waals surface area contributed by atoms with E-state index in [2.05, 4.69) is 4.98 Å². The molecule has 1 aromatic carbocycles. The Balaban J connectivity index is 1.76. The van der Waals surface area contributed by atoms with Crippen molar-refractivity contribution >= 4 is 21.6 Å². The Kier molecular flexibility index (Phi) is 5.17. The van der Waals surface area contributed by atoms with Crippen LogP contribution in [0.4, 0.5) is 0 Å². The van der Waals surface area contributed by atoms with Crippen LogP contribution in [0.15, 0.2) is 41.4 Å². The summed E-state index contributed by atoms with van der Waals surface area (Å²) in [4.78, 5) is 4.26. The summed E-state index contributed by atoms with van der Waals surface area (Å²) in [5.74, 6) is 0.768. The summed E-state index contributed by atoms with van der Waals surface area (Å²) in [6.45, 7) is 2.57. The SMILES string of the molecule is COc1ccc(Cl)cc1S(=O)(=O)N1CCC(Oc2ccc(C)cn2)C1. The van der Waals surface area contributed by atoms with Gasteiger partial charge in [0.05, 0.1) is 13.7 Å². The molecule has 8 heteroatoms. The van der Waals surface area contributed by atoms with E-state index in [4.69, 9.17) is 21.1 Å². The highest BCUT2D eigenvalue weighted by Crippen LogP contribution is 2.31. The summed E-state index contributed by atoms with van der Waals surface area (Å²) < 4.78 is 38.2. The Hall–Kier alpha value is -1.83. The first kappa shape index (κ1) is 18.0. The third kappa shape index (κ3) is 3.89. The molecule has 6 nitrogen and oxygen atoms in total. The number of sulfonamides is 1. The Morgan fingerprint density at radius 1 is 1.28 bits per heavy atom. The van der Waals surface area contributed by atoms with Gasteiger partial charge in [-0.25, -0.2) is 13.4 Å². The third-order valence-corrected chi connectivity index (χ3v) is 6.14. The molecule has 0 saturated carbocycles. The predicted octanol–water partition coefficient (Wildman–Crippen LogP) is 2.89. The number of pyridine rings is 1. The van der Waals surface area contributed by atoms with E-state index in [1.54, 1.807) is 24.4 Å². The monoisotopic (exact) mass is 382 g/mol.